The van der Waals surface area contributed by atoms with Crippen LogP contribution in [0.5, 0.6) is 0 Å². The molecule has 22 heavy (non-hydrogen) atoms. The van der Waals surface area contributed by atoms with Crippen molar-refractivity contribution in [2.24, 2.45) is 0 Å². The molecular weight excluding hydrogens is 274 g/mol. The normalized spacial score (nSPS) is 14.3. The van der Waals surface area contributed by atoms with Gasteiger partial charge >= 0.3 is 0 Å². The minimum Gasteiger partial charge on any atom is -0.337 e. The smallest absolute Gasteiger partial charge is 0.223 e. The molecule has 1 amide bonds. The molecule has 0 aliphatic heterocycles. The summed E-state index contributed by atoms with van der Waals surface area (Å²) in [5, 5.41) is 4.38. The van der Waals surface area contributed by atoms with E-state index in [0.29, 0.717) is 18.5 Å². The quantitative estimate of drug-likeness (QED) is 0.821. The lowest BCUT2D eigenvalue weighted by Gasteiger charge is -2.26. The minimum atomic E-state index is 0.268. The van der Waals surface area contributed by atoms with Gasteiger partial charge in [0.15, 0.2) is 0 Å². The zero-order chi connectivity index (χ0) is 15.5. The maximum atomic E-state index is 12.4. The van der Waals surface area contributed by atoms with Gasteiger partial charge < -0.3 is 4.90 Å². The molecule has 1 heterocycles. The summed E-state index contributed by atoms with van der Waals surface area (Å²) in [7, 11) is 0. The fraction of sp³-hybridized carbons (Fsp3) is 0.444. The van der Waals surface area contributed by atoms with E-state index in [9.17, 15) is 4.79 Å². The number of rotatable bonds is 6. The summed E-state index contributed by atoms with van der Waals surface area (Å²) in [6.07, 6.45) is 7.51. The third-order valence-electron chi connectivity index (χ3n) is 4.07. The van der Waals surface area contributed by atoms with E-state index < -0.39 is 0 Å². The lowest BCUT2D eigenvalue weighted by Crippen LogP contribution is -2.38. The Kier molecular flexibility index (Phi) is 4.27. The average molecular weight is 297 g/mol. The minimum absolute atomic E-state index is 0.268. The van der Waals surface area contributed by atoms with Crippen LogP contribution in [0.2, 0.25) is 0 Å². The number of nitrogens with zero attached hydrogens (tertiary/aromatic N) is 3. The van der Waals surface area contributed by atoms with Crippen molar-refractivity contribution in [3.8, 4) is 5.69 Å². The fourth-order valence-electron chi connectivity index (χ4n) is 2.86. The van der Waals surface area contributed by atoms with E-state index in [1.165, 1.54) is 0 Å². The predicted molar refractivity (Wildman–Crippen MR) is 86.9 cm³/mol. The highest BCUT2D eigenvalue weighted by Gasteiger charge is 2.33. The van der Waals surface area contributed by atoms with Crippen LogP contribution < -0.4 is 0 Å². The van der Waals surface area contributed by atoms with Crippen LogP contribution >= 0.6 is 0 Å². The van der Waals surface area contributed by atoms with Crippen LogP contribution in [0.3, 0.4) is 0 Å². The second-order valence-electron chi connectivity index (χ2n) is 6.25. The van der Waals surface area contributed by atoms with Crippen LogP contribution in [0.15, 0.2) is 42.7 Å². The predicted octanol–water partition coefficient (Wildman–Crippen LogP) is 3.20. The number of carbonyl (C=O) groups is 1. The fourth-order valence-corrected chi connectivity index (χ4v) is 2.86. The third kappa shape index (κ3) is 3.38. The number of aromatic nitrogens is 2. The molecule has 1 saturated carbocycles. The second kappa shape index (κ2) is 6.34. The molecule has 0 bridgehead atoms. The van der Waals surface area contributed by atoms with Gasteiger partial charge in [-0.1, -0.05) is 18.2 Å². The van der Waals surface area contributed by atoms with E-state index in [-0.39, 0.29) is 5.91 Å². The van der Waals surface area contributed by atoms with E-state index >= 15 is 0 Å². The Bertz CT molecular complexity index is 627. The number of benzene rings is 1. The summed E-state index contributed by atoms with van der Waals surface area (Å²) in [6, 6.07) is 10.8. The van der Waals surface area contributed by atoms with E-state index in [2.05, 4.69) is 23.8 Å². The monoisotopic (exact) mass is 297 g/mol. The van der Waals surface area contributed by atoms with E-state index in [4.69, 9.17) is 0 Å². The third-order valence-corrected chi connectivity index (χ3v) is 4.07. The molecule has 1 aliphatic rings. The Balaban J connectivity index is 1.60. The number of aryl methyl sites for hydroxylation is 1. The van der Waals surface area contributed by atoms with Crippen molar-refractivity contribution in [2.75, 3.05) is 0 Å². The summed E-state index contributed by atoms with van der Waals surface area (Å²) >= 11 is 0. The maximum Gasteiger partial charge on any atom is 0.223 e. The molecule has 0 spiro atoms. The van der Waals surface area contributed by atoms with Crippen molar-refractivity contribution in [3.63, 3.8) is 0 Å². The maximum absolute atomic E-state index is 12.4. The summed E-state index contributed by atoms with van der Waals surface area (Å²) in [5.41, 5.74) is 2.15. The standard InChI is InChI=1S/C18H23N3O/c1-14(2)21(17-9-10-17)18(22)11-8-15-12-19-20(13-15)16-6-4-3-5-7-16/h3-7,12-14,17H,8-11H2,1-2H3. The van der Waals surface area contributed by atoms with Crippen LogP contribution in [0.4, 0.5) is 0 Å². The van der Waals surface area contributed by atoms with Crippen LogP contribution in [-0.4, -0.2) is 32.7 Å². The van der Waals surface area contributed by atoms with Gasteiger partial charge in [0.2, 0.25) is 5.91 Å². The second-order valence-corrected chi connectivity index (χ2v) is 6.25. The molecule has 0 saturated heterocycles. The summed E-state index contributed by atoms with van der Waals surface area (Å²) in [5.74, 6) is 0.268. The molecule has 0 unspecified atom stereocenters. The lowest BCUT2D eigenvalue weighted by atomic mass is 10.1. The molecular formula is C18H23N3O. The number of amides is 1. The van der Waals surface area contributed by atoms with Gasteiger partial charge in [-0.15, -0.1) is 0 Å². The number of hydrogen-bond donors (Lipinski definition) is 0. The first-order valence-electron chi connectivity index (χ1n) is 8.05. The van der Waals surface area contributed by atoms with Gasteiger partial charge in [0.25, 0.3) is 0 Å². The lowest BCUT2D eigenvalue weighted by molar-refractivity contribution is -0.133. The van der Waals surface area contributed by atoms with Gasteiger partial charge in [0.1, 0.15) is 0 Å². The Hall–Kier alpha value is -2.10. The highest BCUT2D eigenvalue weighted by molar-refractivity contribution is 5.77. The van der Waals surface area contributed by atoms with Gasteiger partial charge in [-0.3, -0.25) is 4.79 Å². The van der Waals surface area contributed by atoms with Gasteiger partial charge in [0.05, 0.1) is 11.9 Å². The van der Waals surface area contributed by atoms with Crippen molar-refractivity contribution < 1.29 is 4.79 Å². The van der Waals surface area contributed by atoms with E-state index in [1.54, 1.807) is 0 Å². The molecule has 4 heteroatoms. The zero-order valence-electron chi connectivity index (χ0n) is 13.3. The molecule has 1 aliphatic carbocycles. The van der Waals surface area contributed by atoms with Crippen molar-refractivity contribution in [2.45, 2.75) is 51.6 Å². The van der Waals surface area contributed by atoms with E-state index in [1.807, 2.05) is 47.4 Å². The molecule has 0 N–H and O–H groups in total. The Morgan fingerprint density at radius 2 is 2.05 bits per heavy atom. The molecule has 3 rings (SSSR count). The molecule has 1 aromatic carbocycles. The first-order chi connectivity index (χ1) is 10.6. The highest BCUT2D eigenvalue weighted by atomic mass is 16.2. The van der Waals surface area contributed by atoms with Crippen molar-refractivity contribution in [1.82, 2.24) is 14.7 Å². The largest absolute Gasteiger partial charge is 0.337 e. The van der Waals surface area contributed by atoms with Crippen LogP contribution in [0.25, 0.3) is 5.69 Å². The van der Waals surface area contributed by atoms with Gasteiger partial charge in [-0.25, -0.2) is 4.68 Å². The van der Waals surface area contributed by atoms with Gasteiger partial charge in [-0.05, 0) is 50.8 Å². The Morgan fingerprint density at radius 3 is 2.68 bits per heavy atom. The summed E-state index contributed by atoms with van der Waals surface area (Å²) in [6.45, 7) is 4.20. The molecule has 0 atom stereocenters. The summed E-state index contributed by atoms with van der Waals surface area (Å²) in [4.78, 5) is 14.5. The van der Waals surface area contributed by atoms with Crippen molar-refractivity contribution in [3.05, 3.63) is 48.3 Å². The molecule has 2 aromatic rings. The van der Waals surface area contributed by atoms with Gasteiger partial charge in [0, 0.05) is 24.7 Å². The highest BCUT2D eigenvalue weighted by Crippen LogP contribution is 2.29. The van der Waals surface area contributed by atoms with Gasteiger partial charge in [-0.2, -0.15) is 5.10 Å². The SMILES string of the molecule is CC(C)N(C(=O)CCc1cnn(-c2ccccc2)c1)C1CC1. The zero-order valence-corrected chi connectivity index (χ0v) is 13.3. The van der Waals surface area contributed by atoms with Crippen LogP contribution in [0, 0.1) is 0 Å². The summed E-state index contributed by atoms with van der Waals surface area (Å²) < 4.78 is 1.86. The molecule has 1 aromatic heterocycles. The van der Waals surface area contributed by atoms with Crippen LogP contribution in [0.1, 0.15) is 38.7 Å². The molecule has 1 fully saturated rings. The topological polar surface area (TPSA) is 38.1 Å². The number of carbonyl (C=O) groups excluding carboxylic acids is 1. The molecule has 0 radical (unpaired) electrons. The Labute approximate surface area is 131 Å². The van der Waals surface area contributed by atoms with Crippen LogP contribution in [-0.2, 0) is 11.2 Å². The number of para-hydroxylation sites is 1. The number of hydrogen-bond acceptors (Lipinski definition) is 2. The first kappa shape index (κ1) is 14.8. The average Bonchev–Trinajstić information content (AvgIpc) is 3.22. The Morgan fingerprint density at radius 1 is 1.32 bits per heavy atom. The first-order valence-corrected chi connectivity index (χ1v) is 8.05. The molecule has 116 valence electrons. The molecule has 4 nitrogen and oxygen atoms in total. The van der Waals surface area contributed by atoms with Crippen molar-refractivity contribution >= 4 is 5.91 Å². The van der Waals surface area contributed by atoms with Crippen molar-refractivity contribution in [1.29, 1.82) is 0 Å². The van der Waals surface area contributed by atoms with E-state index in [0.717, 1.165) is 30.5 Å².